The minimum Gasteiger partial charge on any atom is -0.374 e. The molecule has 1 aromatic rings. The van der Waals surface area contributed by atoms with Gasteiger partial charge in [-0.3, -0.25) is 0 Å². The molecule has 0 fully saturated rings. The molecule has 2 unspecified atom stereocenters. The molecule has 0 radical (unpaired) electrons. The minimum absolute atomic E-state index is 0.352. The summed E-state index contributed by atoms with van der Waals surface area (Å²) in [6.45, 7) is 2.60. The number of aliphatic hydroxyl groups is 2. The summed E-state index contributed by atoms with van der Waals surface area (Å²) in [6, 6.07) is 9.87. The smallest absolute Gasteiger partial charge is 0.163 e. The van der Waals surface area contributed by atoms with E-state index in [2.05, 4.69) is 38.8 Å². The van der Waals surface area contributed by atoms with Crippen LogP contribution in [-0.2, 0) is 6.54 Å². The van der Waals surface area contributed by atoms with Crippen molar-refractivity contribution >= 4 is 31.9 Å². The van der Waals surface area contributed by atoms with Crippen molar-refractivity contribution in [2.75, 3.05) is 0 Å². The van der Waals surface area contributed by atoms with E-state index in [0.717, 1.165) is 30.4 Å². The zero-order valence-electron chi connectivity index (χ0n) is 12.0. The highest BCUT2D eigenvalue weighted by molar-refractivity contribution is 9.24. The normalized spacial score (nSPS) is 26.4. The standard InChI is InChI=1S/C16H21Br2NO2/c1-2-3-9-13-10-16(21,15(17)18)19(14(13)20)11-12-7-5-4-6-8-12/h4-8,10,14-15,20-21H,2-3,9,11H2,1H3. The average molecular weight is 419 g/mol. The maximum atomic E-state index is 10.9. The van der Waals surface area contributed by atoms with Crippen molar-refractivity contribution in [1.29, 1.82) is 0 Å². The molecule has 0 spiro atoms. The first-order valence-electron chi connectivity index (χ1n) is 7.20. The number of nitrogens with zero attached hydrogens (tertiary/aromatic N) is 1. The first-order valence-corrected chi connectivity index (χ1v) is 9.03. The fourth-order valence-corrected chi connectivity index (χ4v) is 3.38. The summed E-state index contributed by atoms with van der Waals surface area (Å²) in [6.07, 6.45) is 3.91. The van der Waals surface area contributed by atoms with Crippen LogP contribution >= 0.6 is 31.9 Å². The molecular formula is C16H21Br2NO2. The summed E-state index contributed by atoms with van der Waals surface area (Å²) in [4.78, 5) is 1.71. The SMILES string of the molecule is CCCCC1=CC(O)(C(Br)Br)N(Cc2ccccc2)C1O. The first-order chi connectivity index (χ1) is 9.99. The van der Waals surface area contributed by atoms with Crippen molar-refractivity contribution in [2.24, 2.45) is 0 Å². The molecule has 116 valence electrons. The van der Waals surface area contributed by atoms with Crippen LogP contribution in [0.5, 0.6) is 0 Å². The van der Waals surface area contributed by atoms with Gasteiger partial charge in [0.25, 0.3) is 0 Å². The lowest BCUT2D eigenvalue weighted by atomic mass is 10.1. The van der Waals surface area contributed by atoms with Crippen LogP contribution in [0.2, 0.25) is 0 Å². The Bertz CT molecular complexity index is 492. The van der Waals surface area contributed by atoms with Crippen molar-refractivity contribution in [1.82, 2.24) is 4.90 Å². The molecular weight excluding hydrogens is 398 g/mol. The number of unbranched alkanes of at least 4 members (excludes halogenated alkanes) is 1. The van der Waals surface area contributed by atoms with Gasteiger partial charge < -0.3 is 10.2 Å². The second kappa shape index (κ2) is 7.38. The molecule has 0 aromatic heterocycles. The third kappa shape index (κ3) is 3.77. The molecule has 0 saturated carbocycles. The Morgan fingerprint density at radius 3 is 2.52 bits per heavy atom. The van der Waals surface area contributed by atoms with E-state index in [1.807, 2.05) is 30.3 Å². The maximum absolute atomic E-state index is 10.9. The molecule has 1 aliphatic heterocycles. The van der Waals surface area contributed by atoms with Gasteiger partial charge in [0.15, 0.2) is 5.72 Å². The van der Waals surface area contributed by atoms with E-state index in [-0.39, 0.29) is 3.74 Å². The second-order valence-corrected chi connectivity index (χ2v) is 8.45. The zero-order chi connectivity index (χ0) is 15.5. The van der Waals surface area contributed by atoms with Crippen molar-refractivity contribution in [3.8, 4) is 0 Å². The molecule has 1 heterocycles. The second-order valence-electron chi connectivity index (χ2n) is 5.39. The van der Waals surface area contributed by atoms with Gasteiger partial charge in [-0.1, -0.05) is 75.5 Å². The van der Waals surface area contributed by atoms with Gasteiger partial charge in [0.05, 0.1) is 0 Å². The highest BCUT2D eigenvalue weighted by Gasteiger charge is 2.47. The molecule has 0 saturated heterocycles. The van der Waals surface area contributed by atoms with Crippen LogP contribution in [0.4, 0.5) is 0 Å². The predicted octanol–water partition coefficient (Wildman–Crippen LogP) is 3.74. The van der Waals surface area contributed by atoms with E-state index in [9.17, 15) is 10.2 Å². The maximum Gasteiger partial charge on any atom is 0.163 e. The number of hydrogen-bond acceptors (Lipinski definition) is 3. The van der Waals surface area contributed by atoms with Gasteiger partial charge in [0.2, 0.25) is 0 Å². The number of aliphatic hydroxyl groups excluding tert-OH is 1. The Morgan fingerprint density at radius 1 is 1.29 bits per heavy atom. The summed E-state index contributed by atoms with van der Waals surface area (Å²) < 4.78 is -0.352. The van der Waals surface area contributed by atoms with Gasteiger partial charge in [-0.25, -0.2) is 4.90 Å². The molecule has 5 heteroatoms. The Kier molecular flexibility index (Phi) is 6.03. The summed E-state index contributed by atoms with van der Waals surface area (Å²) in [7, 11) is 0. The Balaban J connectivity index is 2.22. The summed E-state index contributed by atoms with van der Waals surface area (Å²) in [5.41, 5.74) is 0.707. The highest BCUT2D eigenvalue weighted by atomic mass is 79.9. The number of hydrogen-bond donors (Lipinski definition) is 2. The molecule has 2 N–H and O–H groups in total. The van der Waals surface area contributed by atoms with E-state index in [1.165, 1.54) is 0 Å². The lowest BCUT2D eigenvalue weighted by Crippen LogP contribution is -2.51. The average Bonchev–Trinajstić information content (AvgIpc) is 2.72. The van der Waals surface area contributed by atoms with E-state index in [4.69, 9.17) is 0 Å². The fourth-order valence-electron chi connectivity index (χ4n) is 2.59. The largest absolute Gasteiger partial charge is 0.374 e. The predicted molar refractivity (Wildman–Crippen MR) is 92.2 cm³/mol. The van der Waals surface area contributed by atoms with Crippen molar-refractivity contribution in [2.45, 2.75) is 48.4 Å². The van der Waals surface area contributed by atoms with Gasteiger partial charge in [-0.05, 0) is 30.1 Å². The molecule has 0 amide bonds. The van der Waals surface area contributed by atoms with Crippen LogP contribution in [0, 0.1) is 0 Å². The van der Waals surface area contributed by atoms with Crippen molar-refractivity contribution in [3.05, 3.63) is 47.5 Å². The molecule has 3 nitrogen and oxygen atoms in total. The third-order valence-electron chi connectivity index (χ3n) is 3.82. The molecule has 0 bridgehead atoms. The number of rotatable bonds is 6. The number of alkyl halides is 2. The monoisotopic (exact) mass is 417 g/mol. The molecule has 2 rings (SSSR count). The van der Waals surface area contributed by atoms with Gasteiger partial charge in [0, 0.05) is 6.54 Å². The van der Waals surface area contributed by atoms with Gasteiger partial charge in [0.1, 0.15) is 9.96 Å². The van der Waals surface area contributed by atoms with Crippen molar-refractivity contribution < 1.29 is 10.2 Å². The molecule has 0 aliphatic carbocycles. The zero-order valence-corrected chi connectivity index (χ0v) is 15.2. The highest BCUT2D eigenvalue weighted by Crippen LogP contribution is 2.40. The molecule has 1 aliphatic rings. The van der Waals surface area contributed by atoms with E-state index in [0.29, 0.717) is 6.54 Å². The van der Waals surface area contributed by atoms with Gasteiger partial charge in [-0.15, -0.1) is 0 Å². The minimum atomic E-state index is -1.24. The van der Waals surface area contributed by atoms with E-state index in [1.54, 1.807) is 11.0 Å². The Hall–Kier alpha value is -0.200. The van der Waals surface area contributed by atoms with Gasteiger partial charge >= 0.3 is 0 Å². The fraction of sp³-hybridized carbons (Fsp3) is 0.500. The Morgan fingerprint density at radius 2 is 1.95 bits per heavy atom. The number of benzene rings is 1. The third-order valence-corrected chi connectivity index (χ3v) is 5.17. The first kappa shape index (κ1) is 17.2. The lowest BCUT2D eigenvalue weighted by molar-refractivity contribution is -0.112. The topological polar surface area (TPSA) is 43.7 Å². The quantitative estimate of drug-likeness (QED) is 0.546. The number of halogens is 2. The lowest BCUT2D eigenvalue weighted by Gasteiger charge is -2.36. The van der Waals surface area contributed by atoms with E-state index < -0.39 is 12.0 Å². The molecule has 1 aromatic carbocycles. The van der Waals surface area contributed by atoms with Crippen LogP contribution in [0.25, 0.3) is 0 Å². The van der Waals surface area contributed by atoms with Crippen LogP contribution < -0.4 is 0 Å². The van der Waals surface area contributed by atoms with Crippen LogP contribution in [0.1, 0.15) is 31.7 Å². The summed E-state index contributed by atoms with van der Waals surface area (Å²) in [5, 5.41) is 21.5. The van der Waals surface area contributed by atoms with Crippen LogP contribution in [0.3, 0.4) is 0 Å². The van der Waals surface area contributed by atoms with Gasteiger partial charge in [-0.2, -0.15) is 0 Å². The summed E-state index contributed by atoms with van der Waals surface area (Å²) >= 11 is 6.81. The van der Waals surface area contributed by atoms with Crippen LogP contribution in [-0.4, -0.2) is 30.8 Å². The van der Waals surface area contributed by atoms with E-state index >= 15 is 0 Å². The summed E-state index contributed by atoms with van der Waals surface area (Å²) in [5.74, 6) is 0. The molecule has 21 heavy (non-hydrogen) atoms. The Labute approximate surface area is 142 Å². The molecule has 2 atom stereocenters. The van der Waals surface area contributed by atoms with Crippen molar-refractivity contribution in [3.63, 3.8) is 0 Å². The van der Waals surface area contributed by atoms with Crippen LogP contribution in [0.15, 0.2) is 42.0 Å².